The average Bonchev–Trinajstić information content (AvgIpc) is 3.18. The topological polar surface area (TPSA) is 35.5 Å². The number of ether oxygens (including phenoxy) is 2. The average molecular weight is 440 g/mol. The van der Waals surface area contributed by atoms with Gasteiger partial charge in [0.05, 0.1) is 39.7 Å². The summed E-state index contributed by atoms with van der Waals surface area (Å²) in [6, 6.07) is 7.99. The van der Waals surface area contributed by atoms with Crippen LogP contribution in [-0.4, -0.2) is 50.9 Å². The highest BCUT2D eigenvalue weighted by atomic mass is 79.9. The minimum absolute atomic E-state index is 0. The summed E-state index contributed by atoms with van der Waals surface area (Å²) in [4.78, 5) is 13.4. The Kier molecular flexibility index (Phi) is 7.37. The molecule has 1 aliphatic heterocycles. The Hall–Kier alpha value is -1.07. The fraction of sp³-hybridized carbons (Fsp3) is 0.682. The largest absolute Gasteiger partial charge is 1.00 e. The number of benzene rings is 1. The molecule has 1 saturated heterocycles. The van der Waals surface area contributed by atoms with Crippen LogP contribution in [0.2, 0.25) is 0 Å². The predicted octanol–water partition coefficient (Wildman–Crippen LogP) is 0.929. The molecule has 152 valence electrons. The second-order valence-corrected chi connectivity index (χ2v) is 8.90. The lowest BCUT2D eigenvalue weighted by molar-refractivity contribution is -0.896. The highest BCUT2D eigenvalue weighted by Crippen LogP contribution is 2.44. The number of piperidine rings is 1. The first-order valence-corrected chi connectivity index (χ1v) is 10.0. The van der Waals surface area contributed by atoms with Gasteiger partial charge in [0.2, 0.25) is 0 Å². The first kappa shape index (κ1) is 22.2. The summed E-state index contributed by atoms with van der Waals surface area (Å²) in [5.74, 6) is 1.15. The quantitative estimate of drug-likeness (QED) is 0.505. The van der Waals surface area contributed by atoms with Crippen LogP contribution in [0.15, 0.2) is 24.3 Å². The second-order valence-electron chi connectivity index (χ2n) is 8.90. The summed E-state index contributed by atoms with van der Waals surface area (Å²) in [7, 11) is 6.17. The number of nitrogens with zero attached hydrogens (tertiary/aromatic N) is 1. The molecular formula is C22H34BrNO3. The zero-order valence-electron chi connectivity index (χ0n) is 17.2. The molecule has 2 aliphatic rings. The molecule has 1 aromatic rings. The van der Waals surface area contributed by atoms with Crippen LogP contribution in [0.1, 0.15) is 51.0 Å². The Bertz CT molecular complexity index is 615. The van der Waals surface area contributed by atoms with E-state index >= 15 is 0 Å². The number of hydrogen-bond donors (Lipinski definition) is 0. The van der Waals surface area contributed by atoms with Gasteiger partial charge in [0.1, 0.15) is 11.9 Å². The maximum Gasteiger partial charge on any atom is 0.316 e. The van der Waals surface area contributed by atoms with Crippen LogP contribution in [0, 0.1) is 5.92 Å². The Morgan fingerprint density at radius 2 is 1.59 bits per heavy atom. The third kappa shape index (κ3) is 4.86. The van der Waals surface area contributed by atoms with Gasteiger partial charge < -0.3 is 30.9 Å². The normalized spacial score (nSPS) is 22.5. The zero-order valence-corrected chi connectivity index (χ0v) is 18.8. The molecule has 0 bridgehead atoms. The lowest BCUT2D eigenvalue weighted by Crippen LogP contribution is -3.00. The summed E-state index contributed by atoms with van der Waals surface area (Å²) in [6.07, 6.45) is 6.60. The Balaban J connectivity index is 0.00000261. The zero-order chi connectivity index (χ0) is 18.8. The Morgan fingerprint density at radius 3 is 2.11 bits per heavy atom. The summed E-state index contributed by atoms with van der Waals surface area (Å²) in [6.45, 7) is 4.23. The van der Waals surface area contributed by atoms with Gasteiger partial charge in [-0.05, 0) is 43.4 Å². The molecule has 0 amide bonds. The second kappa shape index (κ2) is 8.95. The van der Waals surface area contributed by atoms with Crippen LogP contribution in [0.3, 0.4) is 0 Å². The van der Waals surface area contributed by atoms with E-state index in [2.05, 4.69) is 21.0 Å². The van der Waals surface area contributed by atoms with Gasteiger partial charge in [0.15, 0.2) is 0 Å². The molecule has 0 spiro atoms. The van der Waals surface area contributed by atoms with Crippen molar-refractivity contribution in [3.63, 3.8) is 0 Å². The lowest BCUT2D eigenvalue weighted by atomic mass is 9.71. The number of hydrogen-bond acceptors (Lipinski definition) is 3. The van der Waals surface area contributed by atoms with E-state index in [0.717, 1.165) is 54.6 Å². The number of rotatable bonds is 5. The molecule has 0 N–H and O–H groups in total. The molecule has 1 aromatic carbocycles. The molecule has 0 radical (unpaired) electrons. The number of halogens is 1. The Morgan fingerprint density at radius 1 is 1.04 bits per heavy atom. The first-order chi connectivity index (χ1) is 12.3. The van der Waals surface area contributed by atoms with Crippen molar-refractivity contribution in [1.29, 1.82) is 0 Å². The van der Waals surface area contributed by atoms with Gasteiger partial charge in [-0.1, -0.05) is 25.0 Å². The van der Waals surface area contributed by atoms with E-state index in [9.17, 15) is 4.79 Å². The van der Waals surface area contributed by atoms with Crippen LogP contribution in [0.4, 0.5) is 0 Å². The molecule has 3 rings (SSSR count). The van der Waals surface area contributed by atoms with Crippen molar-refractivity contribution in [2.45, 2.75) is 57.0 Å². The molecule has 1 aliphatic carbocycles. The van der Waals surface area contributed by atoms with Crippen molar-refractivity contribution >= 4 is 5.97 Å². The summed E-state index contributed by atoms with van der Waals surface area (Å²) < 4.78 is 12.4. The van der Waals surface area contributed by atoms with Gasteiger partial charge in [-0.2, -0.15) is 0 Å². The molecular weight excluding hydrogens is 406 g/mol. The van der Waals surface area contributed by atoms with Crippen molar-refractivity contribution in [3.05, 3.63) is 29.8 Å². The number of quaternary nitrogens is 1. The SMILES string of the molecule is COc1ccc(C(C)(C(=O)OC2CC[N+](C)(C)CC2)C2CCCC2)cc1.[Br-]. The van der Waals surface area contributed by atoms with E-state index in [1.54, 1.807) is 7.11 Å². The number of carbonyl (C=O) groups excluding carboxylic acids is 1. The first-order valence-electron chi connectivity index (χ1n) is 10.0. The van der Waals surface area contributed by atoms with Gasteiger partial charge in [0.25, 0.3) is 0 Å². The maximum absolute atomic E-state index is 13.4. The van der Waals surface area contributed by atoms with Gasteiger partial charge in [0, 0.05) is 12.8 Å². The minimum atomic E-state index is -0.565. The minimum Gasteiger partial charge on any atom is -1.00 e. The third-order valence-electron chi connectivity index (χ3n) is 6.67. The van der Waals surface area contributed by atoms with Crippen LogP contribution in [0.5, 0.6) is 5.75 Å². The maximum atomic E-state index is 13.4. The van der Waals surface area contributed by atoms with Crippen LogP contribution in [-0.2, 0) is 14.9 Å². The van der Waals surface area contributed by atoms with E-state index in [1.807, 2.05) is 24.3 Å². The standard InChI is InChI=1S/C22H34NO3.BrH/c1-22(17-7-5-6-8-17,18-9-11-19(25-4)12-10-18)21(24)26-20-13-15-23(2,3)16-14-20;/h9-12,17,20H,5-8,13-16H2,1-4H3;1H/q+1;/p-1. The van der Waals surface area contributed by atoms with Crippen molar-refractivity contribution < 1.29 is 35.7 Å². The molecule has 1 unspecified atom stereocenters. The fourth-order valence-corrected chi connectivity index (χ4v) is 4.60. The molecule has 1 saturated carbocycles. The number of methoxy groups -OCH3 is 1. The number of likely N-dealkylation sites (tertiary alicyclic amines) is 1. The van der Waals surface area contributed by atoms with E-state index in [1.165, 1.54) is 12.8 Å². The lowest BCUT2D eigenvalue weighted by Gasteiger charge is -2.39. The smallest absolute Gasteiger partial charge is 0.316 e. The number of carbonyl (C=O) groups is 1. The molecule has 27 heavy (non-hydrogen) atoms. The molecule has 4 nitrogen and oxygen atoms in total. The summed E-state index contributed by atoms with van der Waals surface area (Å²) in [5.41, 5.74) is 0.493. The van der Waals surface area contributed by atoms with E-state index in [4.69, 9.17) is 9.47 Å². The molecule has 5 heteroatoms. The number of esters is 1. The van der Waals surface area contributed by atoms with Crippen LogP contribution < -0.4 is 21.7 Å². The van der Waals surface area contributed by atoms with Crippen molar-refractivity contribution in [1.82, 2.24) is 0 Å². The monoisotopic (exact) mass is 439 g/mol. The van der Waals surface area contributed by atoms with Gasteiger partial charge in [-0.3, -0.25) is 4.79 Å². The van der Waals surface area contributed by atoms with Gasteiger partial charge in [-0.15, -0.1) is 0 Å². The van der Waals surface area contributed by atoms with E-state index in [-0.39, 0.29) is 29.1 Å². The highest BCUT2D eigenvalue weighted by molar-refractivity contribution is 5.83. The van der Waals surface area contributed by atoms with Gasteiger partial charge >= 0.3 is 5.97 Å². The van der Waals surface area contributed by atoms with E-state index in [0.29, 0.717) is 5.92 Å². The Labute approximate surface area is 174 Å². The summed E-state index contributed by atoms with van der Waals surface area (Å²) in [5, 5.41) is 0. The third-order valence-corrected chi connectivity index (χ3v) is 6.67. The van der Waals surface area contributed by atoms with Crippen molar-refractivity contribution in [3.8, 4) is 5.75 Å². The van der Waals surface area contributed by atoms with E-state index < -0.39 is 5.41 Å². The summed E-state index contributed by atoms with van der Waals surface area (Å²) >= 11 is 0. The highest BCUT2D eigenvalue weighted by Gasteiger charge is 2.46. The van der Waals surface area contributed by atoms with Crippen LogP contribution in [0.25, 0.3) is 0 Å². The fourth-order valence-electron chi connectivity index (χ4n) is 4.60. The van der Waals surface area contributed by atoms with Crippen molar-refractivity contribution in [2.75, 3.05) is 34.3 Å². The molecule has 1 atom stereocenters. The van der Waals surface area contributed by atoms with Crippen LogP contribution >= 0.6 is 0 Å². The molecule has 1 heterocycles. The molecule has 0 aromatic heterocycles. The van der Waals surface area contributed by atoms with Gasteiger partial charge in [-0.25, -0.2) is 0 Å². The predicted molar refractivity (Wildman–Crippen MR) is 103 cm³/mol. The van der Waals surface area contributed by atoms with Crippen molar-refractivity contribution in [2.24, 2.45) is 5.92 Å². The molecule has 2 fully saturated rings.